The minimum Gasteiger partial charge on any atom is -0.394 e. The van der Waals surface area contributed by atoms with Gasteiger partial charge in [0, 0.05) is 64.5 Å². The number of hydrogen-bond acceptors (Lipinski definition) is 35. The van der Waals surface area contributed by atoms with Crippen molar-refractivity contribution in [3.63, 3.8) is 0 Å². The molecule has 39 nitrogen and oxygen atoms in total. The van der Waals surface area contributed by atoms with E-state index in [0.29, 0.717) is 117 Å². The fourth-order valence-electron chi connectivity index (χ4n) is 14.9. The molecule has 4 aromatic carbocycles. The SMILES string of the molecule is OCC1OC(n2cnc3c(NC4CC4)nc(Nc4cnc5ccccc5c4)nc32)C(O)C1O.OCC1OC(n2cnc3c(NC4CC4)nc(Nc4cnc5ccccc5c4)nc32)CC1O.OCC1OC(n2cnc3c(NC4CC4)nc(Nc4nccc5ccccc45)nc32)C(O)C1O.c1ccc2c(Nc3nc(NC4CC4)c4[nH]cnc4n3)nccc2c1. The molecule has 23 rings (SSSR count). The lowest BCUT2D eigenvalue weighted by atomic mass is 10.1. The van der Waals surface area contributed by atoms with E-state index < -0.39 is 80.7 Å². The molecule has 17 N–H and O–H groups in total. The summed E-state index contributed by atoms with van der Waals surface area (Å²) in [6.07, 6.45) is 11.9. The van der Waals surface area contributed by atoms with Gasteiger partial charge in [0.15, 0.2) is 74.9 Å². The number of para-hydroxylation sites is 2. The van der Waals surface area contributed by atoms with E-state index in [9.17, 15) is 40.9 Å². The summed E-state index contributed by atoms with van der Waals surface area (Å²) in [5.74, 6) is 5.47. The van der Waals surface area contributed by atoms with Gasteiger partial charge in [-0.1, -0.05) is 84.9 Å². The molecule has 622 valence electrons. The van der Waals surface area contributed by atoms with Crippen LogP contribution in [-0.2, 0) is 14.2 Å². The highest BCUT2D eigenvalue weighted by atomic mass is 16.6. The summed E-state index contributed by atoms with van der Waals surface area (Å²) in [5.41, 5.74) is 7.91. The molecule has 7 aliphatic rings. The van der Waals surface area contributed by atoms with Crippen molar-refractivity contribution in [1.82, 2.24) is 98.4 Å². The third-order valence-electron chi connectivity index (χ3n) is 22.0. The second-order valence-electron chi connectivity index (χ2n) is 31.0. The van der Waals surface area contributed by atoms with Crippen molar-refractivity contribution in [2.24, 2.45) is 0 Å². The van der Waals surface area contributed by atoms with E-state index in [-0.39, 0.29) is 6.61 Å². The van der Waals surface area contributed by atoms with Gasteiger partial charge in [-0.3, -0.25) is 23.7 Å². The zero-order valence-corrected chi connectivity index (χ0v) is 65.1. The lowest BCUT2D eigenvalue weighted by molar-refractivity contribution is -0.0511. The molecule has 0 radical (unpaired) electrons. The lowest BCUT2D eigenvalue weighted by Crippen LogP contribution is -2.33. The van der Waals surface area contributed by atoms with Crippen molar-refractivity contribution >= 4 is 158 Å². The summed E-state index contributed by atoms with van der Waals surface area (Å²) in [6, 6.07) is 41.1. The second-order valence-corrected chi connectivity index (χ2v) is 31.0. The van der Waals surface area contributed by atoms with Gasteiger partial charge < -0.3 is 103 Å². The number of nitrogens with zero attached hydrogens (tertiary/aromatic N) is 19. The summed E-state index contributed by atoms with van der Waals surface area (Å²) in [4.78, 5) is 75.7. The van der Waals surface area contributed by atoms with Crippen molar-refractivity contribution in [2.45, 2.75) is 149 Å². The summed E-state index contributed by atoms with van der Waals surface area (Å²) < 4.78 is 22.1. The molecule has 3 saturated heterocycles. The molecule has 7 fully saturated rings. The van der Waals surface area contributed by atoms with Gasteiger partial charge in [0.1, 0.15) is 66.1 Å². The standard InChI is InChI=1S/2C22H23N7O4.C22H23N7O3.C17H15N7/c30-9-15-17(31)18(32)21(33-15)29-10-24-16-19(25-12-5-6-12)27-22(28-20(16)29)26-13-7-11-3-1-2-4-14(11)23-8-13;30-9-14-16(31)17(32)21(33-14)29-10-24-15-19(25-12-5-6-12)27-22(28-20(15)29)26-18-13-4-2-1-3-11(13)7-8-23-18;30-10-17-16(31)8-18(32-17)29-11-24-19-20(25-13-5-6-13)27-22(28-21(19)29)26-14-7-12-3-1-2-4-15(12)23-9-14;1-2-4-12-10(3-1)7-8-18-14(12)22-17-23-15-13(19-9-20-15)16(24-17)21-11-5-6-11/h1-4,7-8,10,12,15,17-18,21,30-32H,5-6,9H2,(H2,25,26,27,28);1-4,7-8,10,12,14,16-17,21,30-32H,5-6,9H2,(H2,23,25,26,27,28);1-4,7,9,11,13,16-18,30-31H,5-6,8,10H2,(H2,25,26,27,28);1-4,7-9,11H,5-6H2,(H3,18,19,20,21,22,23,24). The van der Waals surface area contributed by atoms with Crippen LogP contribution in [0.5, 0.6) is 0 Å². The Hall–Kier alpha value is -13.3. The van der Waals surface area contributed by atoms with Gasteiger partial charge in [0.2, 0.25) is 23.8 Å². The van der Waals surface area contributed by atoms with Crippen molar-refractivity contribution < 1.29 is 55.1 Å². The van der Waals surface area contributed by atoms with Crippen LogP contribution in [0.25, 0.3) is 88.0 Å². The highest BCUT2D eigenvalue weighted by Gasteiger charge is 2.46. The fourth-order valence-corrected chi connectivity index (χ4v) is 14.9. The zero-order valence-electron chi connectivity index (χ0n) is 65.1. The number of anilines is 12. The van der Waals surface area contributed by atoms with Gasteiger partial charge >= 0.3 is 0 Å². The Kier molecular flexibility index (Phi) is 20.9. The van der Waals surface area contributed by atoms with Crippen molar-refractivity contribution in [2.75, 3.05) is 62.4 Å². The molecule has 16 aromatic rings. The number of fused-ring (bicyclic) bond motifs is 8. The number of aromatic amines is 1. The first-order chi connectivity index (χ1) is 59.8. The van der Waals surface area contributed by atoms with E-state index in [1.54, 1.807) is 51.1 Å². The molecule has 12 aromatic heterocycles. The van der Waals surface area contributed by atoms with Gasteiger partial charge in [-0.25, -0.2) is 29.9 Å². The minimum absolute atomic E-state index is 0.241. The zero-order chi connectivity index (χ0) is 82.6. The summed E-state index contributed by atoms with van der Waals surface area (Å²) in [6.45, 7) is -1.06. The highest BCUT2D eigenvalue weighted by molar-refractivity contribution is 5.96. The van der Waals surface area contributed by atoms with Crippen LogP contribution in [0.4, 0.5) is 70.1 Å². The highest BCUT2D eigenvalue weighted by Crippen LogP contribution is 2.41. The average molecular weight is 1650 g/mol. The Balaban J connectivity index is 0.000000104. The number of ether oxygens (including phenoxy) is 3. The van der Waals surface area contributed by atoms with Crippen LogP contribution in [0, 0.1) is 0 Å². The number of nitrogens with one attached hydrogen (secondary N) is 9. The summed E-state index contributed by atoms with van der Waals surface area (Å²) in [7, 11) is 0. The first kappa shape index (κ1) is 77.3. The Morgan fingerprint density at radius 1 is 0.377 bits per heavy atom. The van der Waals surface area contributed by atoms with E-state index in [4.69, 9.17) is 19.2 Å². The van der Waals surface area contributed by atoms with Crippen LogP contribution in [0.15, 0.2) is 171 Å². The first-order valence-electron chi connectivity index (χ1n) is 40.4. The van der Waals surface area contributed by atoms with Crippen molar-refractivity contribution in [3.05, 3.63) is 171 Å². The number of aliphatic hydroxyl groups excluding tert-OH is 8. The van der Waals surface area contributed by atoms with E-state index in [2.05, 4.69) is 128 Å². The average Bonchev–Trinajstić information content (AvgIpc) is 1.62. The van der Waals surface area contributed by atoms with Crippen molar-refractivity contribution in [3.8, 4) is 0 Å². The Morgan fingerprint density at radius 3 is 1.22 bits per heavy atom. The molecule has 0 spiro atoms. The fraction of sp³-hybridized carbons (Fsp3) is 0.325. The normalized spacial score (nSPS) is 22.4. The first-order valence-corrected chi connectivity index (χ1v) is 40.4. The van der Waals surface area contributed by atoms with Crippen LogP contribution in [-0.4, -0.2) is 232 Å². The van der Waals surface area contributed by atoms with Crippen LogP contribution in [0.1, 0.15) is 76.5 Å². The van der Waals surface area contributed by atoms with Gasteiger partial charge in [-0.15, -0.1) is 0 Å². The Morgan fingerprint density at radius 2 is 0.779 bits per heavy atom. The number of imidazole rings is 4. The van der Waals surface area contributed by atoms with E-state index >= 15 is 0 Å². The third-order valence-corrected chi connectivity index (χ3v) is 22.0. The third kappa shape index (κ3) is 16.1. The topological polar surface area (TPSA) is 523 Å². The molecular formula is C83H84N28O11. The Labute approximate surface area is 691 Å². The quantitative estimate of drug-likeness (QED) is 0.0304. The van der Waals surface area contributed by atoms with E-state index in [1.807, 2.05) is 115 Å². The molecule has 15 heterocycles. The number of hydrogen-bond donors (Lipinski definition) is 17. The minimum atomic E-state index is -1.24. The smallest absolute Gasteiger partial charge is 0.232 e. The number of aliphatic hydroxyl groups is 8. The lowest BCUT2D eigenvalue weighted by Gasteiger charge is -2.17. The predicted molar refractivity (Wildman–Crippen MR) is 452 cm³/mol. The number of benzene rings is 4. The van der Waals surface area contributed by atoms with Crippen molar-refractivity contribution in [1.29, 1.82) is 0 Å². The Bertz CT molecular complexity index is 6510. The molecule has 11 unspecified atom stereocenters. The van der Waals surface area contributed by atoms with Crippen LogP contribution in [0.2, 0.25) is 0 Å². The molecule has 3 aliphatic heterocycles. The molecule has 122 heavy (non-hydrogen) atoms. The maximum atomic E-state index is 10.5. The van der Waals surface area contributed by atoms with Gasteiger partial charge in [-0.2, -0.15) is 39.9 Å². The number of pyridine rings is 4. The monoisotopic (exact) mass is 1650 g/mol. The maximum Gasteiger partial charge on any atom is 0.232 e. The van der Waals surface area contributed by atoms with E-state index in [1.165, 1.54) is 25.5 Å². The molecule has 4 aliphatic carbocycles. The molecule has 39 heteroatoms. The van der Waals surface area contributed by atoms with Gasteiger partial charge in [0.25, 0.3) is 0 Å². The molecule has 0 bridgehead atoms. The largest absolute Gasteiger partial charge is 0.394 e. The molecule has 4 saturated carbocycles. The van der Waals surface area contributed by atoms with Crippen LogP contribution < -0.4 is 42.5 Å². The van der Waals surface area contributed by atoms with Crippen LogP contribution >= 0.6 is 0 Å². The van der Waals surface area contributed by atoms with E-state index in [0.717, 1.165) is 110 Å². The second kappa shape index (κ2) is 33.0. The number of H-pyrrole nitrogens is 1. The predicted octanol–water partition coefficient (Wildman–Crippen LogP) is 8.16. The summed E-state index contributed by atoms with van der Waals surface area (Å²) >= 11 is 0. The molecular weight excluding hydrogens is 1570 g/mol. The molecule has 11 atom stereocenters. The summed E-state index contributed by atoms with van der Waals surface area (Å²) in [5, 5.41) is 113. The number of rotatable bonds is 22. The maximum absolute atomic E-state index is 10.5. The van der Waals surface area contributed by atoms with Gasteiger partial charge in [0.05, 0.1) is 86.0 Å². The van der Waals surface area contributed by atoms with Gasteiger partial charge in [-0.05, 0) is 98.5 Å². The number of aromatic nitrogens is 20. The van der Waals surface area contributed by atoms with Crippen LogP contribution in [0.3, 0.4) is 0 Å². The molecule has 0 amide bonds.